The number of ether oxygens (including phenoxy) is 1. The van der Waals surface area contributed by atoms with Crippen molar-refractivity contribution in [3.05, 3.63) is 12.2 Å². The maximum atomic E-state index is 9.71. The number of nitrogens with zero attached hydrogens (tertiary/aromatic N) is 3. The van der Waals surface area contributed by atoms with Crippen molar-refractivity contribution in [2.75, 3.05) is 13.2 Å². The number of aromatic nitrogens is 3. The van der Waals surface area contributed by atoms with Gasteiger partial charge < -0.3 is 9.84 Å². The van der Waals surface area contributed by atoms with Crippen molar-refractivity contribution >= 4 is 0 Å². The molecule has 1 atom stereocenters. The van der Waals surface area contributed by atoms with Gasteiger partial charge in [0.1, 0.15) is 12.2 Å². The van der Waals surface area contributed by atoms with Gasteiger partial charge in [-0.15, -0.1) is 0 Å². The Labute approximate surface area is 90.1 Å². The summed E-state index contributed by atoms with van der Waals surface area (Å²) in [6.07, 6.45) is 3.33. The Morgan fingerprint density at radius 1 is 1.60 bits per heavy atom. The summed E-state index contributed by atoms with van der Waals surface area (Å²) >= 11 is 0. The van der Waals surface area contributed by atoms with Crippen LogP contribution in [-0.2, 0) is 18.2 Å². The zero-order valence-corrected chi connectivity index (χ0v) is 9.39. The van der Waals surface area contributed by atoms with E-state index < -0.39 is 0 Å². The minimum Gasteiger partial charge on any atom is -0.393 e. The monoisotopic (exact) mass is 213 g/mol. The smallest absolute Gasteiger partial charge is 0.138 e. The third-order valence-electron chi connectivity index (χ3n) is 2.25. The molecular weight excluding hydrogens is 194 g/mol. The molecule has 1 aromatic rings. The van der Waals surface area contributed by atoms with Crippen LogP contribution in [0.3, 0.4) is 0 Å². The van der Waals surface area contributed by atoms with E-state index in [9.17, 15) is 5.11 Å². The van der Waals surface area contributed by atoms with Crippen molar-refractivity contribution in [1.82, 2.24) is 14.8 Å². The summed E-state index contributed by atoms with van der Waals surface area (Å²) in [5.41, 5.74) is 0. The van der Waals surface area contributed by atoms with Crippen molar-refractivity contribution in [2.24, 2.45) is 7.05 Å². The summed E-state index contributed by atoms with van der Waals surface area (Å²) in [6.45, 7) is 3.42. The Kier molecular flexibility index (Phi) is 5.28. The van der Waals surface area contributed by atoms with Crippen LogP contribution in [0.4, 0.5) is 0 Å². The zero-order valence-electron chi connectivity index (χ0n) is 9.39. The van der Waals surface area contributed by atoms with E-state index in [1.165, 1.54) is 6.33 Å². The fourth-order valence-corrected chi connectivity index (χ4v) is 1.38. The van der Waals surface area contributed by atoms with Gasteiger partial charge in [-0.2, -0.15) is 5.10 Å². The van der Waals surface area contributed by atoms with Crippen LogP contribution >= 0.6 is 0 Å². The molecule has 0 aliphatic rings. The first kappa shape index (κ1) is 12.1. The highest BCUT2D eigenvalue weighted by Crippen LogP contribution is 2.04. The lowest BCUT2D eigenvalue weighted by Gasteiger charge is -2.09. The van der Waals surface area contributed by atoms with E-state index in [2.05, 4.69) is 10.1 Å². The maximum absolute atomic E-state index is 9.71. The molecule has 0 amide bonds. The first-order valence-electron chi connectivity index (χ1n) is 5.32. The van der Waals surface area contributed by atoms with E-state index in [1.54, 1.807) is 4.68 Å². The Morgan fingerprint density at radius 3 is 3.00 bits per heavy atom. The largest absolute Gasteiger partial charge is 0.393 e. The summed E-state index contributed by atoms with van der Waals surface area (Å²) in [5, 5.41) is 13.7. The summed E-state index contributed by atoms with van der Waals surface area (Å²) in [7, 11) is 1.83. The zero-order chi connectivity index (χ0) is 11.1. The van der Waals surface area contributed by atoms with Gasteiger partial charge in [0.2, 0.25) is 0 Å². The lowest BCUT2D eigenvalue weighted by atomic mass is 10.1. The second kappa shape index (κ2) is 6.53. The molecule has 0 saturated carbocycles. The van der Waals surface area contributed by atoms with E-state index in [1.807, 2.05) is 14.0 Å². The van der Waals surface area contributed by atoms with Gasteiger partial charge in [-0.05, 0) is 19.8 Å². The molecule has 0 fully saturated rings. The molecule has 86 valence electrons. The van der Waals surface area contributed by atoms with Gasteiger partial charge >= 0.3 is 0 Å². The molecular formula is C10H19N3O2. The van der Waals surface area contributed by atoms with Gasteiger partial charge in [-0.25, -0.2) is 4.98 Å². The normalized spacial score (nSPS) is 13.0. The van der Waals surface area contributed by atoms with E-state index >= 15 is 0 Å². The fraction of sp³-hybridized carbons (Fsp3) is 0.800. The summed E-state index contributed by atoms with van der Waals surface area (Å²) in [5.74, 6) is 0.818. The van der Waals surface area contributed by atoms with Crippen molar-refractivity contribution in [1.29, 1.82) is 0 Å². The fourth-order valence-electron chi connectivity index (χ4n) is 1.38. The molecule has 5 heteroatoms. The SMILES string of the molecule is CCOCCCC(O)Cc1ncnn1C. The predicted octanol–water partition coefficient (Wildman–Crippen LogP) is 0.535. The van der Waals surface area contributed by atoms with Gasteiger partial charge in [0.15, 0.2) is 0 Å². The molecule has 0 bridgehead atoms. The molecule has 0 radical (unpaired) electrons. The first-order valence-corrected chi connectivity index (χ1v) is 5.32. The maximum Gasteiger partial charge on any atom is 0.138 e. The second-order valence-electron chi connectivity index (χ2n) is 3.50. The van der Waals surface area contributed by atoms with Crippen LogP contribution in [0.1, 0.15) is 25.6 Å². The van der Waals surface area contributed by atoms with Crippen LogP contribution in [0.2, 0.25) is 0 Å². The van der Waals surface area contributed by atoms with Gasteiger partial charge in [0.25, 0.3) is 0 Å². The quantitative estimate of drug-likeness (QED) is 0.671. The molecule has 1 rings (SSSR count). The van der Waals surface area contributed by atoms with E-state index in [-0.39, 0.29) is 6.10 Å². The number of hydrogen-bond acceptors (Lipinski definition) is 4. The Hall–Kier alpha value is -0.940. The summed E-state index contributed by atoms with van der Waals surface area (Å²) in [6, 6.07) is 0. The molecule has 0 saturated heterocycles. The third-order valence-corrected chi connectivity index (χ3v) is 2.25. The summed E-state index contributed by atoms with van der Waals surface area (Å²) < 4.78 is 6.88. The van der Waals surface area contributed by atoms with Crippen molar-refractivity contribution in [2.45, 2.75) is 32.3 Å². The molecule has 0 aliphatic heterocycles. The molecule has 15 heavy (non-hydrogen) atoms. The number of rotatable bonds is 7. The molecule has 1 unspecified atom stereocenters. The molecule has 0 spiro atoms. The number of aryl methyl sites for hydroxylation is 1. The highest BCUT2D eigenvalue weighted by molar-refractivity contribution is 4.86. The van der Waals surface area contributed by atoms with Crippen molar-refractivity contribution in [3.63, 3.8) is 0 Å². The van der Waals surface area contributed by atoms with Gasteiger partial charge in [0.05, 0.1) is 6.10 Å². The molecule has 1 N–H and O–H groups in total. The predicted molar refractivity (Wildman–Crippen MR) is 56.4 cm³/mol. The number of aliphatic hydroxyl groups is 1. The third kappa shape index (κ3) is 4.40. The summed E-state index contributed by atoms with van der Waals surface area (Å²) in [4.78, 5) is 4.06. The van der Waals surface area contributed by atoms with E-state index in [4.69, 9.17) is 4.74 Å². The Bertz CT molecular complexity index is 275. The molecule has 5 nitrogen and oxygen atoms in total. The average molecular weight is 213 g/mol. The number of hydrogen-bond donors (Lipinski definition) is 1. The van der Waals surface area contributed by atoms with Crippen LogP contribution in [0.15, 0.2) is 6.33 Å². The van der Waals surface area contributed by atoms with Crippen molar-refractivity contribution in [3.8, 4) is 0 Å². The van der Waals surface area contributed by atoms with Gasteiger partial charge in [0, 0.05) is 26.7 Å². The topological polar surface area (TPSA) is 60.2 Å². The van der Waals surface area contributed by atoms with Crippen LogP contribution in [0, 0.1) is 0 Å². The highest BCUT2D eigenvalue weighted by atomic mass is 16.5. The van der Waals surface area contributed by atoms with Crippen LogP contribution in [-0.4, -0.2) is 39.2 Å². The molecule has 1 aromatic heterocycles. The van der Waals surface area contributed by atoms with E-state index in [0.29, 0.717) is 13.0 Å². The minimum absolute atomic E-state index is 0.353. The lowest BCUT2D eigenvalue weighted by molar-refractivity contribution is 0.113. The average Bonchev–Trinajstić information content (AvgIpc) is 2.59. The second-order valence-corrected chi connectivity index (χ2v) is 3.50. The van der Waals surface area contributed by atoms with Crippen LogP contribution < -0.4 is 0 Å². The van der Waals surface area contributed by atoms with Crippen LogP contribution in [0.5, 0.6) is 0 Å². The Balaban J connectivity index is 2.18. The van der Waals surface area contributed by atoms with Crippen molar-refractivity contribution < 1.29 is 9.84 Å². The Morgan fingerprint density at radius 2 is 2.40 bits per heavy atom. The number of aliphatic hydroxyl groups excluding tert-OH is 1. The lowest BCUT2D eigenvalue weighted by Crippen LogP contribution is -2.15. The first-order chi connectivity index (χ1) is 7.24. The minimum atomic E-state index is -0.353. The van der Waals surface area contributed by atoms with Gasteiger partial charge in [-0.1, -0.05) is 0 Å². The molecule has 1 heterocycles. The standard InChI is InChI=1S/C10H19N3O2/c1-3-15-6-4-5-9(14)7-10-11-8-12-13(10)2/h8-9,14H,3-7H2,1-2H3. The van der Waals surface area contributed by atoms with E-state index in [0.717, 1.165) is 25.3 Å². The highest BCUT2D eigenvalue weighted by Gasteiger charge is 2.09. The van der Waals surface area contributed by atoms with Crippen LogP contribution in [0.25, 0.3) is 0 Å². The molecule has 0 aromatic carbocycles. The van der Waals surface area contributed by atoms with Gasteiger partial charge in [-0.3, -0.25) is 4.68 Å². The molecule has 0 aliphatic carbocycles.